The van der Waals surface area contributed by atoms with Gasteiger partial charge in [-0.15, -0.1) is 0 Å². The van der Waals surface area contributed by atoms with E-state index >= 15 is 0 Å². The van der Waals surface area contributed by atoms with E-state index in [1.165, 1.54) is 32.1 Å². The SMILES string of the molecule is CO[Si](CCC1CCCCC1)(OC)OCSC(C)=O. The highest BCUT2D eigenvalue weighted by molar-refractivity contribution is 8.13. The maximum Gasteiger partial charge on any atom is 0.501 e. The van der Waals surface area contributed by atoms with Gasteiger partial charge in [-0.05, 0) is 12.3 Å². The van der Waals surface area contributed by atoms with Gasteiger partial charge in [0, 0.05) is 27.2 Å². The molecule has 0 aromatic rings. The molecule has 6 heteroatoms. The lowest BCUT2D eigenvalue weighted by Gasteiger charge is -2.29. The fourth-order valence-corrected chi connectivity index (χ4v) is 5.37. The van der Waals surface area contributed by atoms with E-state index in [2.05, 4.69) is 0 Å². The second-order valence-electron chi connectivity index (χ2n) is 5.03. The number of carbonyl (C=O) groups excluding carboxylic acids is 1. The predicted octanol–water partition coefficient (Wildman–Crippen LogP) is 3.44. The lowest BCUT2D eigenvalue weighted by molar-refractivity contribution is -0.109. The third kappa shape index (κ3) is 6.40. The molecule has 0 N–H and O–H groups in total. The molecule has 19 heavy (non-hydrogen) atoms. The Morgan fingerprint density at radius 3 is 2.37 bits per heavy atom. The van der Waals surface area contributed by atoms with Crippen molar-refractivity contribution in [3.05, 3.63) is 0 Å². The number of thioether (sulfide) groups is 1. The maximum absolute atomic E-state index is 10.9. The quantitative estimate of drug-likeness (QED) is 0.508. The van der Waals surface area contributed by atoms with Crippen LogP contribution in [0.25, 0.3) is 0 Å². The Labute approximate surface area is 121 Å². The molecule has 0 radical (unpaired) electrons. The Balaban J connectivity index is 2.38. The Morgan fingerprint density at radius 2 is 1.84 bits per heavy atom. The lowest BCUT2D eigenvalue weighted by atomic mass is 9.88. The minimum absolute atomic E-state index is 0.0578. The lowest BCUT2D eigenvalue weighted by Crippen LogP contribution is -2.44. The van der Waals surface area contributed by atoms with Gasteiger partial charge < -0.3 is 13.3 Å². The smallest absolute Gasteiger partial charge is 0.377 e. The van der Waals surface area contributed by atoms with Crippen molar-refractivity contribution < 1.29 is 18.1 Å². The number of hydrogen-bond donors (Lipinski definition) is 0. The van der Waals surface area contributed by atoms with Gasteiger partial charge in [0.1, 0.15) is 0 Å². The largest absolute Gasteiger partial charge is 0.501 e. The first-order chi connectivity index (χ1) is 9.12. The first-order valence-corrected chi connectivity index (χ1v) is 9.91. The van der Waals surface area contributed by atoms with Crippen molar-refractivity contribution in [2.75, 3.05) is 20.2 Å². The minimum Gasteiger partial charge on any atom is -0.377 e. The topological polar surface area (TPSA) is 44.8 Å². The average Bonchev–Trinajstić information content (AvgIpc) is 2.44. The molecule has 4 nitrogen and oxygen atoms in total. The van der Waals surface area contributed by atoms with E-state index in [0.717, 1.165) is 30.1 Å². The Bertz CT molecular complexity index is 265. The van der Waals surface area contributed by atoms with Gasteiger partial charge in [-0.3, -0.25) is 4.79 Å². The Morgan fingerprint density at radius 1 is 1.21 bits per heavy atom. The maximum atomic E-state index is 10.9. The molecule has 0 aromatic heterocycles. The molecule has 0 amide bonds. The summed E-state index contributed by atoms with van der Waals surface area (Å²) in [5.74, 6) is 1.11. The molecule has 1 aliphatic rings. The zero-order valence-electron chi connectivity index (χ0n) is 12.3. The van der Waals surface area contributed by atoms with Crippen molar-refractivity contribution in [3.63, 3.8) is 0 Å². The summed E-state index contributed by atoms with van der Waals surface area (Å²) in [6, 6.07) is 0.850. The molecule has 0 aromatic carbocycles. The van der Waals surface area contributed by atoms with Crippen LogP contribution in [0.4, 0.5) is 0 Å². The summed E-state index contributed by atoms with van der Waals surface area (Å²) in [7, 11) is 0.728. The highest BCUT2D eigenvalue weighted by atomic mass is 32.2. The van der Waals surface area contributed by atoms with Crippen LogP contribution in [0.15, 0.2) is 0 Å². The van der Waals surface area contributed by atoms with Gasteiger partial charge in [-0.2, -0.15) is 0 Å². The highest BCUT2D eigenvalue weighted by Gasteiger charge is 2.39. The van der Waals surface area contributed by atoms with Crippen LogP contribution < -0.4 is 0 Å². The van der Waals surface area contributed by atoms with E-state index in [9.17, 15) is 4.79 Å². The summed E-state index contributed by atoms with van der Waals surface area (Å²) in [4.78, 5) is 10.9. The third-order valence-electron chi connectivity index (χ3n) is 3.75. The monoisotopic (exact) mass is 306 g/mol. The van der Waals surface area contributed by atoms with Crippen LogP contribution in [0.1, 0.15) is 45.4 Å². The number of hydrogen-bond acceptors (Lipinski definition) is 5. The molecule has 1 aliphatic carbocycles. The molecular weight excluding hydrogens is 280 g/mol. The van der Waals surface area contributed by atoms with Crippen molar-refractivity contribution in [1.82, 2.24) is 0 Å². The van der Waals surface area contributed by atoms with E-state index in [1.807, 2.05) is 0 Å². The van der Waals surface area contributed by atoms with Crippen LogP contribution >= 0.6 is 11.8 Å². The summed E-state index contributed by atoms with van der Waals surface area (Å²) in [5.41, 5.74) is 0. The number of rotatable bonds is 8. The first kappa shape index (κ1) is 17.2. The molecule has 0 saturated heterocycles. The van der Waals surface area contributed by atoms with Gasteiger partial charge in [0.15, 0.2) is 5.12 Å². The molecule has 0 heterocycles. The van der Waals surface area contributed by atoms with Gasteiger partial charge in [0.25, 0.3) is 0 Å². The Kier molecular flexibility index (Phi) is 8.25. The summed E-state index contributed by atoms with van der Waals surface area (Å²) >= 11 is 1.16. The summed E-state index contributed by atoms with van der Waals surface area (Å²) in [6.45, 7) is 1.54. The molecule has 1 fully saturated rings. The van der Waals surface area contributed by atoms with Gasteiger partial charge >= 0.3 is 8.80 Å². The van der Waals surface area contributed by atoms with Crippen LogP contribution in [-0.2, 0) is 18.1 Å². The molecule has 0 aliphatic heterocycles. The molecule has 0 unspecified atom stereocenters. The van der Waals surface area contributed by atoms with E-state index in [-0.39, 0.29) is 5.12 Å². The summed E-state index contributed by atoms with van der Waals surface area (Å²) in [5, 5.41) is 0.0578. The second-order valence-corrected chi connectivity index (χ2v) is 9.10. The van der Waals surface area contributed by atoms with Crippen LogP contribution in [0.5, 0.6) is 0 Å². The average molecular weight is 306 g/mol. The van der Waals surface area contributed by atoms with Gasteiger partial charge in [-0.25, -0.2) is 0 Å². The fourth-order valence-electron chi connectivity index (χ4n) is 2.54. The van der Waals surface area contributed by atoms with Crippen LogP contribution in [0.3, 0.4) is 0 Å². The normalized spacial score (nSPS) is 17.6. The first-order valence-electron chi connectivity index (χ1n) is 6.99. The minimum atomic E-state index is -2.57. The van der Waals surface area contributed by atoms with Crippen LogP contribution in [-0.4, -0.2) is 34.1 Å². The van der Waals surface area contributed by atoms with Crippen LogP contribution in [0.2, 0.25) is 6.04 Å². The van der Waals surface area contributed by atoms with Crippen molar-refractivity contribution in [3.8, 4) is 0 Å². The van der Waals surface area contributed by atoms with E-state index in [1.54, 1.807) is 21.1 Å². The van der Waals surface area contributed by atoms with Crippen molar-refractivity contribution in [2.45, 2.75) is 51.5 Å². The van der Waals surface area contributed by atoms with Crippen LogP contribution in [0, 0.1) is 5.92 Å². The van der Waals surface area contributed by atoms with Crippen molar-refractivity contribution >= 4 is 25.7 Å². The molecule has 112 valence electrons. The third-order valence-corrected chi connectivity index (χ3v) is 7.33. The predicted molar refractivity (Wildman–Crippen MR) is 80.0 cm³/mol. The number of carbonyl (C=O) groups is 1. The summed E-state index contributed by atoms with van der Waals surface area (Å²) in [6.07, 6.45) is 7.82. The summed E-state index contributed by atoms with van der Waals surface area (Å²) < 4.78 is 16.8. The molecule has 0 bridgehead atoms. The van der Waals surface area contributed by atoms with Gasteiger partial charge in [0.2, 0.25) is 0 Å². The molecule has 1 rings (SSSR count). The zero-order valence-corrected chi connectivity index (χ0v) is 14.1. The van der Waals surface area contributed by atoms with Gasteiger partial charge in [-0.1, -0.05) is 43.9 Å². The van der Waals surface area contributed by atoms with E-state index < -0.39 is 8.80 Å². The van der Waals surface area contributed by atoms with E-state index in [0.29, 0.717) is 5.94 Å². The molecule has 0 spiro atoms. The molecule has 1 saturated carbocycles. The second kappa shape index (κ2) is 9.13. The van der Waals surface area contributed by atoms with E-state index in [4.69, 9.17) is 13.3 Å². The molecular formula is C13H26O4SSi. The standard InChI is InChI=1S/C13H26O4SSi/c1-12(14)18-11-17-19(15-2,16-3)10-9-13-7-5-4-6-8-13/h13H,4-11H2,1-3H3. The van der Waals surface area contributed by atoms with Crippen molar-refractivity contribution in [1.29, 1.82) is 0 Å². The Hall–Kier alpha value is 0.117. The highest BCUT2D eigenvalue weighted by Crippen LogP contribution is 2.30. The molecule has 0 atom stereocenters. The van der Waals surface area contributed by atoms with Crippen molar-refractivity contribution in [2.24, 2.45) is 5.92 Å². The zero-order chi connectivity index (χ0) is 14.1. The van der Waals surface area contributed by atoms with Gasteiger partial charge in [0.05, 0.1) is 5.94 Å². The fraction of sp³-hybridized carbons (Fsp3) is 0.923.